The monoisotopic (exact) mass is 489 g/mol. The Kier molecular flexibility index (Phi) is 8.79. The summed E-state index contributed by atoms with van der Waals surface area (Å²) in [6.45, 7) is 5.50. The second-order valence-electron chi connectivity index (χ2n) is 8.97. The van der Waals surface area contributed by atoms with Crippen molar-refractivity contribution in [3.63, 3.8) is 0 Å². The van der Waals surface area contributed by atoms with Gasteiger partial charge in [-0.15, -0.1) is 0 Å². The van der Waals surface area contributed by atoms with E-state index in [1.54, 1.807) is 0 Å². The highest BCUT2D eigenvalue weighted by Gasteiger charge is 2.21. The molecule has 0 amide bonds. The average molecular weight is 490 g/mol. The van der Waals surface area contributed by atoms with Gasteiger partial charge in [0.05, 0.1) is 19.9 Å². The molecule has 0 N–H and O–H groups in total. The number of carbonyl (C=O) groups excluding carboxylic acids is 1. The molecule has 7 heteroatoms. The minimum atomic E-state index is -0.283. The number of hydrogen-bond acceptors (Lipinski definition) is 6. The number of ether oxygens (including phenoxy) is 3. The summed E-state index contributed by atoms with van der Waals surface area (Å²) in [6, 6.07) is 14.5. The summed E-state index contributed by atoms with van der Waals surface area (Å²) in [4.78, 5) is 14.7. The molecular formula is C29H35N3O4. The lowest BCUT2D eigenvalue weighted by Gasteiger charge is -2.25. The van der Waals surface area contributed by atoms with Gasteiger partial charge in [0.25, 0.3) is 0 Å². The number of rotatable bonds is 11. The molecule has 4 rings (SSSR count). The number of fused-ring (bicyclic) bond motifs is 1. The fourth-order valence-electron chi connectivity index (χ4n) is 4.31. The van der Waals surface area contributed by atoms with E-state index < -0.39 is 0 Å². The summed E-state index contributed by atoms with van der Waals surface area (Å²) in [7, 11) is 3.35. The molecule has 190 valence electrons. The number of nitrogens with zero attached hydrogens (tertiary/aromatic N) is 3. The van der Waals surface area contributed by atoms with Gasteiger partial charge in [-0.05, 0) is 59.9 Å². The van der Waals surface area contributed by atoms with Crippen LogP contribution in [0.3, 0.4) is 0 Å². The molecule has 0 unspecified atom stereocenters. The average Bonchev–Trinajstić information content (AvgIpc) is 3.22. The predicted molar refractivity (Wildman–Crippen MR) is 142 cm³/mol. The van der Waals surface area contributed by atoms with Crippen molar-refractivity contribution in [3.05, 3.63) is 71.6 Å². The Hall–Kier alpha value is -3.58. The van der Waals surface area contributed by atoms with Gasteiger partial charge in [-0.2, -0.15) is 5.10 Å². The number of benzene rings is 2. The molecular weight excluding hydrogens is 454 g/mol. The maximum Gasteiger partial charge on any atom is 0.333 e. The molecule has 1 aromatic heterocycles. The normalized spacial score (nSPS) is 13.1. The van der Waals surface area contributed by atoms with E-state index in [9.17, 15) is 4.79 Å². The Bertz CT molecular complexity index is 1180. The molecule has 1 aliphatic rings. The van der Waals surface area contributed by atoms with Gasteiger partial charge in [-0.1, -0.05) is 31.5 Å². The highest BCUT2D eigenvalue weighted by atomic mass is 16.5. The summed E-state index contributed by atoms with van der Waals surface area (Å²) in [5.41, 5.74) is 6.05. The quantitative estimate of drug-likeness (QED) is 0.271. The summed E-state index contributed by atoms with van der Waals surface area (Å²) in [5, 5.41) is 4.30. The fraction of sp³-hybridized carbons (Fsp3) is 0.379. The van der Waals surface area contributed by atoms with Crippen LogP contribution in [0.4, 0.5) is 5.69 Å². The molecule has 2 heterocycles. The number of unbranched alkanes of at least 4 members (excludes halogenated alkanes) is 1. The van der Waals surface area contributed by atoms with Crippen LogP contribution >= 0.6 is 0 Å². The first-order valence-electron chi connectivity index (χ1n) is 12.5. The highest BCUT2D eigenvalue weighted by Crippen LogP contribution is 2.34. The molecule has 0 bridgehead atoms. The molecule has 0 saturated carbocycles. The fourth-order valence-corrected chi connectivity index (χ4v) is 4.31. The first-order chi connectivity index (χ1) is 17.6. The van der Waals surface area contributed by atoms with Crippen LogP contribution in [0.15, 0.2) is 60.4 Å². The lowest BCUT2D eigenvalue weighted by molar-refractivity contribution is -0.136. The molecule has 1 aliphatic heterocycles. The van der Waals surface area contributed by atoms with Gasteiger partial charge < -0.3 is 19.1 Å². The van der Waals surface area contributed by atoms with Crippen molar-refractivity contribution in [3.8, 4) is 16.9 Å². The Morgan fingerprint density at radius 2 is 1.86 bits per heavy atom. The van der Waals surface area contributed by atoms with Crippen LogP contribution in [0.25, 0.3) is 17.2 Å². The van der Waals surface area contributed by atoms with E-state index in [4.69, 9.17) is 14.2 Å². The van der Waals surface area contributed by atoms with E-state index in [0.29, 0.717) is 25.2 Å². The number of esters is 1. The molecule has 0 saturated heterocycles. The zero-order chi connectivity index (χ0) is 25.3. The minimum absolute atomic E-state index is 0.283. The number of methoxy groups -OCH3 is 1. The van der Waals surface area contributed by atoms with Crippen molar-refractivity contribution in [2.75, 3.05) is 38.4 Å². The SMILES string of the molecule is CCCCOCCOc1ccc(-c2ccc3c(c2)C=C(C(=O)OC)CCN3Cc2cnn(C)c2)cc1. The van der Waals surface area contributed by atoms with Gasteiger partial charge in [0.2, 0.25) is 0 Å². The van der Waals surface area contributed by atoms with Gasteiger partial charge in [0.15, 0.2) is 0 Å². The third-order valence-electron chi connectivity index (χ3n) is 6.25. The zero-order valence-corrected chi connectivity index (χ0v) is 21.4. The number of carbonyl (C=O) groups is 1. The van der Waals surface area contributed by atoms with Gasteiger partial charge in [-0.25, -0.2) is 4.79 Å². The first kappa shape index (κ1) is 25.5. The van der Waals surface area contributed by atoms with Crippen LogP contribution in [0, 0.1) is 0 Å². The Labute approximate surface area is 213 Å². The largest absolute Gasteiger partial charge is 0.491 e. The van der Waals surface area contributed by atoms with E-state index in [2.05, 4.69) is 47.3 Å². The maximum atomic E-state index is 12.4. The summed E-state index contributed by atoms with van der Waals surface area (Å²) in [5.74, 6) is 0.540. The third-order valence-corrected chi connectivity index (χ3v) is 6.25. The van der Waals surface area contributed by atoms with Crippen molar-refractivity contribution in [1.29, 1.82) is 0 Å². The van der Waals surface area contributed by atoms with Crippen LogP contribution in [-0.2, 0) is 27.9 Å². The smallest absolute Gasteiger partial charge is 0.333 e. The molecule has 3 aromatic rings. The minimum Gasteiger partial charge on any atom is -0.491 e. The second-order valence-corrected chi connectivity index (χ2v) is 8.97. The Morgan fingerprint density at radius 1 is 1.06 bits per heavy atom. The maximum absolute atomic E-state index is 12.4. The lowest BCUT2D eigenvalue weighted by atomic mass is 10.00. The van der Waals surface area contributed by atoms with Crippen molar-refractivity contribution in [2.45, 2.75) is 32.7 Å². The van der Waals surface area contributed by atoms with E-state index in [0.717, 1.165) is 66.2 Å². The van der Waals surface area contributed by atoms with Gasteiger partial charge in [0, 0.05) is 49.8 Å². The molecule has 0 spiro atoms. The summed E-state index contributed by atoms with van der Waals surface area (Å²) < 4.78 is 18.2. The number of aromatic nitrogens is 2. The van der Waals surface area contributed by atoms with E-state index in [1.165, 1.54) is 7.11 Å². The van der Waals surface area contributed by atoms with Gasteiger partial charge in [0.1, 0.15) is 12.4 Å². The number of aryl methyl sites for hydroxylation is 1. The molecule has 36 heavy (non-hydrogen) atoms. The van der Waals surface area contributed by atoms with Crippen LogP contribution in [0.5, 0.6) is 5.75 Å². The van der Waals surface area contributed by atoms with E-state index in [-0.39, 0.29) is 5.97 Å². The van der Waals surface area contributed by atoms with Crippen molar-refractivity contribution in [1.82, 2.24) is 9.78 Å². The predicted octanol–water partition coefficient (Wildman–Crippen LogP) is 5.25. The van der Waals surface area contributed by atoms with E-state index >= 15 is 0 Å². The van der Waals surface area contributed by atoms with Crippen LogP contribution < -0.4 is 9.64 Å². The van der Waals surface area contributed by atoms with Gasteiger partial charge in [-0.3, -0.25) is 4.68 Å². The van der Waals surface area contributed by atoms with Crippen LogP contribution in [0.1, 0.15) is 37.3 Å². The Balaban J connectivity index is 1.52. The van der Waals surface area contributed by atoms with Crippen LogP contribution in [-0.4, -0.2) is 49.2 Å². The molecule has 0 radical (unpaired) electrons. The van der Waals surface area contributed by atoms with Gasteiger partial charge >= 0.3 is 5.97 Å². The number of hydrogen-bond donors (Lipinski definition) is 0. The molecule has 7 nitrogen and oxygen atoms in total. The first-order valence-corrected chi connectivity index (χ1v) is 12.5. The van der Waals surface area contributed by atoms with E-state index in [1.807, 2.05) is 42.3 Å². The third kappa shape index (κ3) is 6.55. The topological polar surface area (TPSA) is 65.8 Å². The second kappa shape index (κ2) is 12.4. The summed E-state index contributed by atoms with van der Waals surface area (Å²) >= 11 is 0. The van der Waals surface area contributed by atoms with Crippen molar-refractivity contribution in [2.24, 2.45) is 7.05 Å². The van der Waals surface area contributed by atoms with Crippen molar-refractivity contribution < 1.29 is 19.0 Å². The standard InChI is InChI=1S/C29H35N3O4/c1-4-5-14-35-15-16-36-27-9-6-23(7-10-27)24-8-11-28-26(17-24)18-25(29(33)34-3)12-13-32(28)21-22-19-30-31(2)20-22/h6-11,17-20H,4-5,12-16,21H2,1-3H3. The molecule has 0 aliphatic carbocycles. The molecule has 0 fully saturated rings. The lowest BCUT2D eigenvalue weighted by Crippen LogP contribution is -2.24. The van der Waals surface area contributed by atoms with Crippen LogP contribution in [0.2, 0.25) is 0 Å². The Morgan fingerprint density at radius 3 is 2.58 bits per heavy atom. The number of anilines is 1. The highest BCUT2D eigenvalue weighted by molar-refractivity contribution is 5.96. The zero-order valence-electron chi connectivity index (χ0n) is 21.4. The molecule has 2 aromatic carbocycles. The summed E-state index contributed by atoms with van der Waals surface area (Å²) in [6.07, 6.45) is 8.69. The molecule has 0 atom stereocenters. The van der Waals surface area contributed by atoms with Crippen molar-refractivity contribution >= 4 is 17.7 Å².